The summed E-state index contributed by atoms with van der Waals surface area (Å²) in [5.74, 6) is 0.578. The maximum Gasteiger partial charge on any atom is 0.0656 e. The summed E-state index contributed by atoms with van der Waals surface area (Å²) in [6.45, 7) is 22.5. The molecule has 0 rings (SSSR count). The third-order valence-electron chi connectivity index (χ3n) is 2.79. The van der Waals surface area contributed by atoms with Gasteiger partial charge in [-0.2, -0.15) is 0 Å². The van der Waals surface area contributed by atoms with Crippen molar-refractivity contribution in [3.63, 3.8) is 0 Å². The quantitative estimate of drug-likeness (QED) is 0.653. The van der Waals surface area contributed by atoms with Crippen molar-refractivity contribution in [3.05, 3.63) is 0 Å². The lowest BCUT2D eigenvalue weighted by Gasteiger charge is -2.41. The Hall–Kier alpha value is -0.0400. The SMILES string of the molecule is CC(CC(C)(C)C)C(OC(C)(C)C)C(C)(C)C. The molecule has 2 atom stereocenters. The molecule has 0 aromatic rings. The maximum absolute atomic E-state index is 6.31. The molecule has 0 radical (unpaired) electrons. The summed E-state index contributed by atoms with van der Waals surface area (Å²) in [6, 6.07) is 0. The van der Waals surface area contributed by atoms with Crippen LogP contribution in [0.3, 0.4) is 0 Å². The molecule has 0 amide bonds. The van der Waals surface area contributed by atoms with E-state index in [1.807, 2.05) is 0 Å². The molecule has 0 N–H and O–H groups in total. The van der Waals surface area contributed by atoms with E-state index >= 15 is 0 Å². The standard InChI is InChI=1S/C16H34O/c1-12(11-14(2,3)4)13(15(5,6)7)17-16(8,9)10/h12-13H,11H2,1-10H3. The van der Waals surface area contributed by atoms with Gasteiger partial charge in [-0.1, -0.05) is 48.5 Å². The third kappa shape index (κ3) is 7.81. The second-order valence-corrected chi connectivity index (χ2v) is 8.76. The van der Waals surface area contributed by atoms with E-state index in [9.17, 15) is 0 Å². The minimum absolute atomic E-state index is 0.0654. The van der Waals surface area contributed by atoms with Gasteiger partial charge in [0, 0.05) is 0 Å². The molecule has 0 aliphatic carbocycles. The molecule has 0 saturated carbocycles. The first kappa shape index (κ1) is 17.0. The number of hydrogen-bond donors (Lipinski definition) is 0. The molecule has 0 aromatic carbocycles. The molecule has 0 spiro atoms. The number of ether oxygens (including phenoxy) is 1. The fourth-order valence-electron chi connectivity index (χ4n) is 2.60. The molecule has 17 heavy (non-hydrogen) atoms. The maximum atomic E-state index is 6.31. The zero-order valence-electron chi connectivity index (χ0n) is 13.8. The fourth-order valence-corrected chi connectivity index (χ4v) is 2.60. The van der Waals surface area contributed by atoms with Crippen LogP contribution in [0.5, 0.6) is 0 Å². The van der Waals surface area contributed by atoms with Gasteiger partial charge < -0.3 is 4.74 Å². The van der Waals surface area contributed by atoms with Crippen molar-refractivity contribution in [2.75, 3.05) is 0 Å². The van der Waals surface area contributed by atoms with Crippen LogP contribution >= 0.6 is 0 Å². The van der Waals surface area contributed by atoms with Crippen LogP contribution in [0.25, 0.3) is 0 Å². The summed E-state index contributed by atoms with van der Waals surface area (Å²) in [6.07, 6.45) is 1.51. The van der Waals surface area contributed by atoms with Gasteiger partial charge in [0.05, 0.1) is 11.7 Å². The second kappa shape index (κ2) is 5.30. The fraction of sp³-hybridized carbons (Fsp3) is 1.00. The predicted octanol–water partition coefficient (Wildman–Crippen LogP) is 5.29. The molecule has 1 heteroatoms. The van der Waals surface area contributed by atoms with Crippen molar-refractivity contribution in [1.29, 1.82) is 0 Å². The van der Waals surface area contributed by atoms with Crippen molar-refractivity contribution < 1.29 is 4.74 Å². The van der Waals surface area contributed by atoms with Gasteiger partial charge in [0.25, 0.3) is 0 Å². The van der Waals surface area contributed by atoms with Crippen LogP contribution in [0.2, 0.25) is 0 Å². The van der Waals surface area contributed by atoms with Crippen LogP contribution in [0.15, 0.2) is 0 Å². The van der Waals surface area contributed by atoms with E-state index in [-0.39, 0.29) is 11.0 Å². The topological polar surface area (TPSA) is 9.23 Å². The minimum atomic E-state index is -0.0654. The Morgan fingerprint density at radius 3 is 1.47 bits per heavy atom. The molecular weight excluding hydrogens is 208 g/mol. The minimum Gasteiger partial charge on any atom is -0.372 e. The van der Waals surface area contributed by atoms with Gasteiger partial charge in [-0.25, -0.2) is 0 Å². The van der Waals surface area contributed by atoms with Crippen LogP contribution in [0.1, 0.15) is 75.7 Å². The van der Waals surface area contributed by atoms with Gasteiger partial charge >= 0.3 is 0 Å². The van der Waals surface area contributed by atoms with Crippen molar-refractivity contribution in [1.82, 2.24) is 0 Å². The average Bonchev–Trinajstić information content (AvgIpc) is 1.92. The van der Waals surface area contributed by atoms with Crippen molar-refractivity contribution >= 4 is 0 Å². The summed E-state index contributed by atoms with van der Waals surface area (Å²) in [5.41, 5.74) is 0.492. The Balaban J connectivity index is 4.82. The summed E-state index contributed by atoms with van der Waals surface area (Å²) in [5, 5.41) is 0. The van der Waals surface area contributed by atoms with Gasteiger partial charge in [0.15, 0.2) is 0 Å². The molecular formula is C16H34O. The van der Waals surface area contributed by atoms with Crippen molar-refractivity contribution in [2.24, 2.45) is 16.7 Å². The van der Waals surface area contributed by atoms with E-state index in [1.54, 1.807) is 0 Å². The zero-order chi connectivity index (χ0) is 14.1. The van der Waals surface area contributed by atoms with E-state index in [4.69, 9.17) is 4.74 Å². The Morgan fingerprint density at radius 1 is 0.824 bits per heavy atom. The molecule has 0 fully saturated rings. The summed E-state index contributed by atoms with van der Waals surface area (Å²) >= 11 is 0. The third-order valence-corrected chi connectivity index (χ3v) is 2.79. The first-order chi connectivity index (χ1) is 7.22. The highest BCUT2D eigenvalue weighted by Crippen LogP contribution is 2.37. The average molecular weight is 242 g/mol. The highest BCUT2D eigenvalue weighted by Gasteiger charge is 2.35. The van der Waals surface area contributed by atoms with Crippen LogP contribution in [0, 0.1) is 16.7 Å². The molecule has 0 heterocycles. The van der Waals surface area contributed by atoms with E-state index < -0.39 is 0 Å². The van der Waals surface area contributed by atoms with Crippen LogP contribution in [0.4, 0.5) is 0 Å². The van der Waals surface area contributed by atoms with Crippen molar-refractivity contribution in [2.45, 2.75) is 87.4 Å². The molecule has 0 bridgehead atoms. The molecule has 104 valence electrons. The van der Waals surface area contributed by atoms with Gasteiger partial charge in [-0.05, 0) is 43.9 Å². The highest BCUT2D eigenvalue weighted by atomic mass is 16.5. The molecule has 0 aromatic heterocycles. The summed E-state index contributed by atoms with van der Waals surface area (Å²) in [4.78, 5) is 0. The van der Waals surface area contributed by atoms with E-state index in [1.165, 1.54) is 6.42 Å². The predicted molar refractivity (Wildman–Crippen MR) is 77.3 cm³/mol. The lowest BCUT2D eigenvalue weighted by Crippen LogP contribution is -2.42. The van der Waals surface area contributed by atoms with Gasteiger partial charge in [0.1, 0.15) is 0 Å². The Morgan fingerprint density at radius 2 is 1.24 bits per heavy atom. The Labute approximate surface area is 109 Å². The first-order valence-electron chi connectivity index (χ1n) is 6.90. The zero-order valence-corrected chi connectivity index (χ0v) is 13.8. The summed E-state index contributed by atoms with van der Waals surface area (Å²) < 4.78 is 6.31. The van der Waals surface area contributed by atoms with E-state index in [2.05, 4.69) is 69.2 Å². The normalized spacial score (nSPS) is 18.0. The van der Waals surface area contributed by atoms with Crippen LogP contribution in [-0.4, -0.2) is 11.7 Å². The van der Waals surface area contributed by atoms with Crippen molar-refractivity contribution in [3.8, 4) is 0 Å². The Kier molecular flexibility index (Phi) is 5.29. The van der Waals surface area contributed by atoms with Gasteiger partial charge in [-0.15, -0.1) is 0 Å². The lowest BCUT2D eigenvalue weighted by molar-refractivity contribution is -0.132. The molecule has 0 aliphatic rings. The number of hydrogen-bond acceptors (Lipinski definition) is 1. The van der Waals surface area contributed by atoms with Gasteiger partial charge in [0.2, 0.25) is 0 Å². The van der Waals surface area contributed by atoms with Crippen LogP contribution < -0.4 is 0 Å². The van der Waals surface area contributed by atoms with Crippen LogP contribution in [-0.2, 0) is 4.74 Å². The summed E-state index contributed by atoms with van der Waals surface area (Å²) in [7, 11) is 0. The molecule has 2 unspecified atom stereocenters. The molecule has 0 aliphatic heterocycles. The molecule has 0 saturated heterocycles. The van der Waals surface area contributed by atoms with Gasteiger partial charge in [-0.3, -0.25) is 0 Å². The smallest absolute Gasteiger partial charge is 0.0656 e. The highest BCUT2D eigenvalue weighted by molar-refractivity contribution is 4.84. The second-order valence-electron chi connectivity index (χ2n) is 8.76. The number of rotatable bonds is 3. The largest absolute Gasteiger partial charge is 0.372 e. The molecule has 1 nitrogen and oxygen atoms in total. The monoisotopic (exact) mass is 242 g/mol. The first-order valence-corrected chi connectivity index (χ1v) is 6.90. The van der Waals surface area contributed by atoms with E-state index in [0.717, 1.165) is 0 Å². The Bertz CT molecular complexity index is 221. The lowest BCUT2D eigenvalue weighted by atomic mass is 9.75. The van der Waals surface area contributed by atoms with E-state index in [0.29, 0.717) is 17.4 Å².